The average molecular weight is 454 g/mol. The number of nitrogens with zero attached hydrogens (tertiary/aromatic N) is 4. The van der Waals surface area contributed by atoms with Crippen LogP contribution in [0.4, 0.5) is 17.3 Å². The maximum atomic E-state index is 13.1. The second-order valence-corrected chi connectivity index (χ2v) is 8.43. The number of carbonyl (C=O) groups excluding carboxylic acids is 1. The van der Waals surface area contributed by atoms with Crippen LogP contribution < -0.4 is 21.5 Å². The van der Waals surface area contributed by atoms with Crippen LogP contribution >= 0.6 is 0 Å². The zero-order valence-corrected chi connectivity index (χ0v) is 18.3. The van der Waals surface area contributed by atoms with E-state index in [1.807, 2.05) is 6.07 Å². The molecule has 174 valence electrons. The predicted molar refractivity (Wildman–Crippen MR) is 122 cm³/mol. The fourth-order valence-electron chi connectivity index (χ4n) is 4.24. The van der Waals surface area contributed by atoms with Crippen molar-refractivity contribution in [1.29, 1.82) is 0 Å². The molecule has 1 amide bonds. The molecule has 33 heavy (non-hydrogen) atoms. The van der Waals surface area contributed by atoms with E-state index >= 15 is 0 Å². The molecule has 0 spiro atoms. The average Bonchev–Trinajstić information content (AvgIpc) is 3.27. The van der Waals surface area contributed by atoms with Crippen molar-refractivity contribution in [2.75, 3.05) is 30.9 Å². The third kappa shape index (κ3) is 4.05. The number of aliphatic hydroxyl groups is 1. The van der Waals surface area contributed by atoms with Crippen LogP contribution in [0.3, 0.4) is 0 Å². The molecule has 11 heteroatoms. The van der Waals surface area contributed by atoms with Crippen molar-refractivity contribution >= 4 is 28.9 Å². The van der Waals surface area contributed by atoms with Crippen LogP contribution in [0.2, 0.25) is 0 Å². The first-order chi connectivity index (χ1) is 16.0. The van der Waals surface area contributed by atoms with E-state index < -0.39 is 6.10 Å². The first kappa shape index (κ1) is 21.4. The summed E-state index contributed by atoms with van der Waals surface area (Å²) in [4.78, 5) is 30.5. The lowest BCUT2D eigenvalue weighted by Gasteiger charge is -2.32. The van der Waals surface area contributed by atoms with Gasteiger partial charge in [0.1, 0.15) is 22.9 Å². The molecule has 3 aromatic rings. The predicted octanol–water partition coefficient (Wildman–Crippen LogP) is 1.28. The van der Waals surface area contributed by atoms with E-state index in [0.29, 0.717) is 41.6 Å². The quantitative estimate of drug-likeness (QED) is 0.438. The number of rotatable bonds is 6. The van der Waals surface area contributed by atoms with Crippen LogP contribution in [-0.4, -0.2) is 62.6 Å². The number of hydrogen-bond acceptors (Lipinski definition) is 8. The fourth-order valence-corrected chi connectivity index (χ4v) is 4.24. The summed E-state index contributed by atoms with van der Waals surface area (Å²) in [5, 5.41) is 23.1. The Hall–Kier alpha value is -3.44. The number of pyridine rings is 1. The van der Waals surface area contributed by atoms with Gasteiger partial charge >= 0.3 is 0 Å². The van der Waals surface area contributed by atoms with Gasteiger partial charge in [-0.1, -0.05) is 0 Å². The molecule has 0 bridgehead atoms. The van der Waals surface area contributed by atoms with Crippen molar-refractivity contribution in [2.24, 2.45) is 0 Å². The van der Waals surface area contributed by atoms with Crippen molar-refractivity contribution in [3.8, 4) is 0 Å². The molecule has 11 nitrogen and oxygen atoms in total. The second kappa shape index (κ2) is 8.83. The van der Waals surface area contributed by atoms with E-state index in [0.717, 1.165) is 25.9 Å². The van der Waals surface area contributed by atoms with E-state index in [4.69, 9.17) is 4.74 Å². The molecular formula is C22H27N7O4. The molecule has 4 N–H and O–H groups in total. The summed E-state index contributed by atoms with van der Waals surface area (Å²) >= 11 is 0. The van der Waals surface area contributed by atoms with Crippen molar-refractivity contribution in [3.63, 3.8) is 0 Å². The Kier molecular flexibility index (Phi) is 5.73. The molecule has 0 aromatic carbocycles. The summed E-state index contributed by atoms with van der Waals surface area (Å²) in [5.74, 6) is 0.654. The highest BCUT2D eigenvalue weighted by Gasteiger charge is 2.31. The molecule has 0 unspecified atom stereocenters. The van der Waals surface area contributed by atoms with Crippen LogP contribution in [0, 0.1) is 0 Å². The molecule has 2 aliphatic rings. The van der Waals surface area contributed by atoms with Crippen LogP contribution in [0.15, 0.2) is 35.4 Å². The Labute approximate surface area is 189 Å². The Morgan fingerprint density at radius 1 is 1.30 bits per heavy atom. The zero-order valence-electron chi connectivity index (χ0n) is 18.3. The molecule has 1 saturated heterocycles. The van der Waals surface area contributed by atoms with Gasteiger partial charge in [0.15, 0.2) is 5.65 Å². The molecule has 5 rings (SSSR count). The number of aromatic nitrogens is 4. The minimum atomic E-state index is -0.524. The maximum absolute atomic E-state index is 13.1. The fraction of sp³-hybridized carbons (Fsp3) is 0.455. The number of anilines is 3. The summed E-state index contributed by atoms with van der Waals surface area (Å²) in [6.07, 6.45) is 5.92. The van der Waals surface area contributed by atoms with Gasteiger partial charge in [0.25, 0.3) is 11.5 Å². The molecule has 1 aliphatic heterocycles. The smallest absolute Gasteiger partial charge is 0.274 e. The van der Waals surface area contributed by atoms with Crippen molar-refractivity contribution in [3.05, 3.63) is 46.5 Å². The van der Waals surface area contributed by atoms with Gasteiger partial charge < -0.3 is 30.4 Å². The minimum Gasteiger partial charge on any atom is -0.391 e. The summed E-state index contributed by atoms with van der Waals surface area (Å²) in [5.41, 5.74) is 0.850. The normalized spacial score (nSPS) is 22.5. The number of fused-ring (bicyclic) bond motifs is 1. The summed E-state index contributed by atoms with van der Waals surface area (Å²) < 4.78 is 8.76. The SMILES string of the molecule is CNc1cc(Nc2cccn([C@H]3CCCOC3)c2=O)nc2c(C(=O)N[C@@H]3CC[C@H]3O)cnn12. The first-order valence-electron chi connectivity index (χ1n) is 11.2. The van der Waals surface area contributed by atoms with Crippen LogP contribution in [-0.2, 0) is 4.74 Å². The monoisotopic (exact) mass is 453 g/mol. The Balaban J connectivity index is 1.46. The van der Waals surface area contributed by atoms with Crippen LogP contribution in [0.25, 0.3) is 5.65 Å². The minimum absolute atomic E-state index is 0.00305. The first-order valence-corrected chi connectivity index (χ1v) is 11.2. The number of aliphatic hydroxyl groups excluding tert-OH is 1. The number of hydrogen-bond donors (Lipinski definition) is 4. The van der Waals surface area contributed by atoms with Gasteiger partial charge in [-0.3, -0.25) is 9.59 Å². The van der Waals surface area contributed by atoms with Gasteiger partial charge in [-0.2, -0.15) is 9.61 Å². The van der Waals surface area contributed by atoms with Gasteiger partial charge in [0.05, 0.1) is 31.0 Å². The van der Waals surface area contributed by atoms with Gasteiger partial charge in [-0.05, 0) is 37.8 Å². The van der Waals surface area contributed by atoms with Crippen molar-refractivity contribution in [2.45, 2.75) is 43.9 Å². The number of ether oxygens (including phenoxy) is 1. The summed E-state index contributed by atoms with van der Waals surface area (Å²) in [7, 11) is 1.74. The van der Waals surface area contributed by atoms with Gasteiger partial charge in [0, 0.05) is 25.9 Å². The van der Waals surface area contributed by atoms with E-state index in [-0.39, 0.29) is 23.6 Å². The highest BCUT2D eigenvalue weighted by molar-refractivity contribution is 6.00. The number of nitrogens with one attached hydrogen (secondary N) is 3. The van der Waals surface area contributed by atoms with Gasteiger partial charge in [0.2, 0.25) is 0 Å². The van der Waals surface area contributed by atoms with Crippen molar-refractivity contribution in [1.82, 2.24) is 24.5 Å². The van der Waals surface area contributed by atoms with Crippen molar-refractivity contribution < 1.29 is 14.6 Å². The third-order valence-corrected chi connectivity index (χ3v) is 6.29. The van der Waals surface area contributed by atoms with E-state index in [9.17, 15) is 14.7 Å². The van der Waals surface area contributed by atoms with E-state index in [1.165, 1.54) is 10.7 Å². The summed E-state index contributed by atoms with van der Waals surface area (Å²) in [6.45, 7) is 1.24. The molecule has 0 radical (unpaired) electrons. The standard InChI is InChI=1S/C22H27N7O4/c1-23-19-10-18(25-16-5-2-8-28(22(16)32)13-4-3-9-33-12-13)27-20-14(11-24-29(19)20)21(31)26-15-6-7-17(15)30/h2,5,8,10-11,13,15,17,23,30H,3-4,6-7,9,12H2,1H3,(H,25,27)(H,26,31)/t13-,15+,17+/m0/s1. The van der Waals surface area contributed by atoms with E-state index in [2.05, 4.69) is 26.0 Å². The number of amides is 1. The van der Waals surface area contributed by atoms with Crippen LogP contribution in [0.1, 0.15) is 42.1 Å². The zero-order chi connectivity index (χ0) is 22.9. The molecule has 4 heterocycles. The molecule has 3 aromatic heterocycles. The Bertz CT molecular complexity index is 1230. The second-order valence-electron chi connectivity index (χ2n) is 8.43. The third-order valence-electron chi connectivity index (χ3n) is 6.29. The van der Waals surface area contributed by atoms with Gasteiger partial charge in [-0.25, -0.2) is 4.98 Å². The molecule has 1 saturated carbocycles. The Morgan fingerprint density at radius 2 is 2.18 bits per heavy atom. The lowest BCUT2D eigenvalue weighted by molar-refractivity contribution is 0.0448. The topological polar surface area (TPSA) is 135 Å². The molecular weight excluding hydrogens is 426 g/mol. The summed E-state index contributed by atoms with van der Waals surface area (Å²) in [6, 6.07) is 4.98. The number of carbonyl (C=O) groups is 1. The van der Waals surface area contributed by atoms with Crippen LogP contribution in [0.5, 0.6) is 0 Å². The highest BCUT2D eigenvalue weighted by Crippen LogP contribution is 2.24. The van der Waals surface area contributed by atoms with Gasteiger partial charge in [-0.15, -0.1) is 0 Å². The lowest BCUT2D eigenvalue weighted by atomic mass is 9.89. The highest BCUT2D eigenvalue weighted by atomic mass is 16.5. The van der Waals surface area contributed by atoms with E-state index in [1.54, 1.807) is 29.9 Å². The largest absolute Gasteiger partial charge is 0.391 e. The molecule has 3 atom stereocenters. The Morgan fingerprint density at radius 3 is 2.88 bits per heavy atom. The lowest BCUT2D eigenvalue weighted by Crippen LogP contribution is -2.50. The molecule has 2 fully saturated rings. The maximum Gasteiger partial charge on any atom is 0.274 e. The molecule has 1 aliphatic carbocycles.